The monoisotopic (exact) mass is 758 g/mol. The smallest absolute Gasteiger partial charge is 0.0620 e. The van der Waals surface area contributed by atoms with Crippen molar-refractivity contribution in [3.05, 3.63) is 128 Å². The van der Waals surface area contributed by atoms with Crippen LogP contribution >= 0.6 is 27.0 Å². The number of phenolic OH excluding ortho intramolecular Hbond substituents is 1. The van der Waals surface area contributed by atoms with Crippen LogP contribution < -0.4 is 15.9 Å². The predicted octanol–water partition coefficient (Wildman–Crippen LogP) is 6.37. The third kappa shape index (κ3) is 10.7. The van der Waals surface area contributed by atoms with Crippen LogP contribution in [-0.4, -0.2) is 29.1 Å². The molecule has 0 aromatic heterocycles. The normalized spacial score (nSPS) is 13.4. The van der Waals surface area contributed by atoms with E-state index in [1.54, 1.807) is 12.1 Å². The summed E-state index contributed by atoms with van der Waals surface area (Å²) in [6.07, 6.45) is 0. The molecule has 4 aromatic rings. The van der Waals surface area contributed by atoms with Crippen molar-refractivity contribution < 1.29 is 31.3 Å². The number of benzene rings is 4. The summed E-state index contributed by atoms with van der Waals surface area (Å²) in [6.45, 7) is 4.85. The van der Waals surface area contributed by atoms with Gasteiger partial charge < -0.3 is 22.7 Å². The van der Waals surface area contributed by atoms with Gasteiger partial charge in [-0.1, -0.05) is 80.6 Å². The molecule has 1 heterocycles. The SMILES string of the molecule is CC(C)[C@H]1COC(c2ccccc2O)=N1.O.[CH3-].[Cl][Re][Cl].c1ccc([PH+](c2ccccc2)c2ccccc2)cc1. The third-order valence-electron chi connectivity index (χ3n) is 5.77. The Hall–Kier alpha value is -2.22. The van der Waals surface area contributed by atoms with Gasteiger partial charge in [-0.25, -0.2) is 4.99 Å². The molecule has 209 valence electrons. The second-order valence-electron chi connectivity index (χ2n) is 8.60. The quantitative estimate of drug-likeness (QED) is 0.190. The molecule has 0 unspecified atom stereocenters. The molecule has 8 heteroatoms. The Morgan fingerprint density at radius 1 is 0.769 bits per heavy atom. The van der Waals surface area contributed by atoms with E-state index in [4.69, 9.17) is 23.8 Å². The van der Waals surface area contributed by atoms with E-state index in [-0.39, 0.29) is 24.7 Å². The molecule has 1 aliphatic heterocycles. The Morgan fingerprint density at radius 3 is 1.51 bits per heavy atom. The van der Waals surface area contributed by atoms with Crippen molar-refractivity contribution in [1.29, 1.82) is 0 Å². The molecule has 5 rings (SSSR count). The second kappa shape index (κ2) is 19.0. The maximum absolute atomic E-state index is 9.63. The Kier molecular flexibility index (Phi) is 16.9. The number of halogens is 2. The van der Waals surface area contributed by atoms with E-state index < -0.39 is 23.9 Å². The van der Waals surface area contributed by atoms with Crippen molar-refractivity contribution >= 4 is 48.8 Å². The molecule has 3 N–H and O–H groups in total. The van der Waals surface area contributed by atoms with Gasteiger partial charge in [0.1, 0.15) is 28.3 Å². The summed E-state index contributed by atoms with van der Waals surface area (Å²) < 4.78 is 5.48. The molecule has 0 radical (unpaired) electrons. The molecule has 0 saturated carbocycles. The molecule has 0 aliphatic carbocycles. The first-order valence-corrected chi connectivity index (χ1v) is 20.2. The third-order valence-corrected chi connectivity index (χ3v) is 8.50. The van der Waals surface area contributed by atoms with E-state index in [2.05, 4.69) is 110 Å². The van der Waals surface area contributed by atoms with Crippen LogP contribution in [0.15, 0.2) is 120 Å². The molecule has 0 saturated heterocycles. The minimum Gasteiger partial charge on any atom is -0.0620 e. The molecular weight excluding hydrogens is 722 g/mol. The maximum Gasteiger partial charge on any atom is 0.102 e. The molecule has 4 nitrogen and oxygen atoms in total. The van der Waals surface area contributed by atoms with Crippen LogP contribution in [0.25, 0.3) is 0 Å². The Balaban J connectivity index is 0.000000346. The Labute approximate surface area is 250 Å². The minimum atomic E-state index is -0.877. The van der Waals surface area contributed by atoms with Crippen LogP contribution in [0, 0.1) is 13.3 Å². The number of aromatic hydroxyl groups is 1. The zero-order chi connectivity index (χ0) is 26.5. The molecule has 39 heavy (non-hydrogen) atoms. The second-order valence-corrected chi connectivity index (χ2v) is 15.0. The first kappa shape index (κ1) is 34.8. The van der Waals surface area contributed by atoms with Crippen molar-refractivity contribution in [1.82, 2.24) is 0 Å². The largest absolute Gasteiger partial charge is 0.102 e. The molecular formula is C31H36Cl2NO3PRe. The van der Waals surface area contributed by atoms with Gasteiger partial charge in [0.05, 0.1) is 19.5 Å². The number of hydrogen-bond acceptors (Lipinski definition) is 3. The fourth-order valence-corrected chi connectivity index (χ4v) is 6.42. The summed E-state index contributed by atoms with van der Waals surface area (Å²) in [6, 6.07) is 39.8. The molecule has 0 bridgehead atoms. The molecule has 1 aliphatic rings. The van der Waals surface area contributed by atoms with Crippen molar-refractivity contribution in [2.24, 2.45) is 10.9 Å². The van der Waals surface area contributed by atoms with Gasteiger partial charge in [-0.05, 0) is 54.4 Å². The van der Waals surface area contributed by atoms with Crippen LogP contribution in [-0.2, 0) is 20.7 Å². The Bertz CT molecular complexity index is 1140. The van der Waals surface area contributed by atoms with E-state index in [1.165, 1.54) is 15.9 Å². The van der Waals surface area contributed by atoms with Gasteiger partial charge in [-0.15, -0.1) is 0 Å². The minimum absolute atomic E-state index is 0. The number of ether oxygens (including phenoxy) is 1. The zero-order valence-corrected chi connectivity index (χ0v) is 27.5. The molecule has 0 amide bonds. The molecule has 1 atom stereocenters. The van der Waals surface area contributed by atoms with Crippen molar-refractivity contribution in [3.8, 4) is 5.75 Å². The van der Waals surface area contributed by atoms with Gasteiger partial charge in [0.25, 0.3) is 0 Å². The summed E-state index contributed by atoms with van der Waals surface area (Å²) in [4.78, 5) is 4.45. The summed E-state index contributed by atoms with van der Waals surface area (Å²) in [5.74, 6) is 1.25. The summed E-state index contributed by atoms with van der Waals surface area (Å²) in [5.41, 5.74) is 0.681. The van der Waals surface area contributed by atoms with E-state index in [0.29, 0.717) is 24.0 Å². The van der Waals surface area contributed by atoms with E-state index in [9.17, 15) is 5.11 Å². The maximum atomic E-state index is 9.63. The number of aliphatic imine (C=N–C) groups is 1. The molecule has 0 fully saturated rings. The average Bonchev–Trinajstić information content (AvgIpc) is 3.43. The number of rotatable bonds is 5. The average molecular weight is 759 g/mol. The van der Waals surface area contributed by atoms with Gasteiger partial charge in [-0.3, -0.25) is 0 Å². The van der Waals surface area contributed by atoms with Crippen molar-refractivity contribution in [2.75, 3.05) is 6.61 Å². The molecule has 0 spiro atoms. The van der Waals surface area contributed by atoms with Crippen molar-refractivity contribution in [2.45, 2.75) is 19.9 Å². The Morgan fingerprint density at radius 2 is 1.15 bits per heavy atom. The van der Waals surface area contributed by atoms with Crippen molar-refractivity contribution in [3.63, 3.8) is 0 Å². The predicted molar refractivity (Wildman–Crippen MR) is 167 cm³/mol. The van der Waals surface area contributed by atoms with Crippen LogP contribution in [0.4, 0.5) is 0 Å². The topological polar surface area (TPSA) is 73.3 Å². The summed E-state index contributed by atoms with van der Waals surface area (Å²) in [5, 5.41) is 13.9. The van der Waals surface area contributed by atoms with Crippen LogP contribution in [0.2, 0.25) is 0 Å². The standard InChI is InChI=1S/C18H15P.C12H15NO2.CH3.2ClH.H2O.Re/c1-4-10-16(11-5-1)19(17-12-6-2-7-13-17)18-14-8-3-9-15-18;1-8(2)10-7-15-12(13-10)9-5-3-4-6-11(9)14;;;;;/h1-15H;3-6,8,10,14H,7H2,1-2H3;1H3;2*1H;1H2;/q;;-1;;;;+2/p-1/t;10-;;;;;/m.1...../s1. The number of nitrogens with zero attached hydrogens (tertiary/aromatic N) is 1. The van der Waals surface area contributed by atoms with Crippen LogP contribution in [0.5, 0.6) is 5.75 Å². The fourth-order valence-electron chi connectivity index (χ4n) is 3.85. The first-order valence-electron chi connectivity index (χ1n) is 11.9. The van der Waals surface area contributed by atoms with Gasteiger partial charge >= 0.3 is 35.0 Å². The first-order chi connectivity index (χ1) is 18.0. The van der Waals surface area contributed by atoms with Gasteiger partial charge in [0, 0.05) is 0 Å². The van der Waals surface area contributed by atoms with Gasteiger partial charge in [0.15, 0.2) is 0 Å². The number of hydrogen-bond donors (Lipinski definition) is 1. The van der Waals surface area contributed by atoms with Gasteiger partial charge in [-0.2, -0.15) is 0 Å². The van der Waals surface area contributed by atoms with Gasteiger partial charge in [0.2, 0.25) is 5.90 Å². The van der Waals surface area contributed by atoms with Crippen LogP contribution in [0.1, 0.15) is 19.4 Å². The van der Waals surface area contributed by atoms with E-state index >= 15 is 0 Å². The van der Waals surface area contributed by atoms with Crippen LogP contribution in [0.3, 0.4) is 0 Å². The number of phenols is 1. The fraction of sp³-hybridized carbons (Fsp3) is 0.161. The molecule has 4 aromatic carbocycles. The summed E-state index contributed by atoms with van der Waals surface area (Å²) in [7, 11) is 8.96. The zero-order valence-electron chi connectivity index (χ0n) is 22.3. The van der Waals surface area contributed by atoms with E-state index in [1.807, 2.05) is 12.1 Å². The number of para-hydroxylation sites is 1. The summed E-state index contributed by atoms with van der Waals surface area (Å²) >= 11 is -0.722. The van der Waals surface area contributed by atoms with E-state index in [0.717, 1.165) is 0 Å².